The van der Waals surface area contributed by atoms with Gasteiger partial charge in [-0.15, -0.1) is 10.2 Å². The molecule has 1 aromatic heterocycles. The molecule has 0 radical (unpaired) electrons. The molecule has 0 atom stereocenters. The van der Waals surface area contributed by atoms with Gasteiger partial charge >= 0.3 is 0 Å². The fourth-order valence-corrected chi connectivity index (χ4v) is 3.88. The molecule has 1 amide bonds. The molecule has 9 nitrogen and oxygen atoms in total. The van der Waals surface area contributed by atoms with Gasteiger partial charge in [-0.25, -0.2) is 0 Å². The first-order chi connectivity index (χ1) is 15.4. The lowest BCUT2D eigenvalue weighted by Crippen LogP contribution is -2.26. The van der Waals surface area contributed by atoms with Crippen molar-refractivity contribution in [3.63, 3.8) is 0 Å². The van der Waals surface area contributed by atoms with Crippen LogP contribution in [0.5, 0.6) is 5.75 Å². The molecule has 1 aliphatic rings. The Morgan fingerprint density at radius 1 is 1.12 bits per heavy atom. The predicted octanol–water partition coefficient (Wildman–Crippen LogP) is 3.07. The van der Waals surface area contributed by atoms with Crippen LogP contribution in [0.25, 0.3) is 0 Å². The Bertz CT molecular complexity index is 1160. The lowest BCUT2D eigenvalue weighted by atomic mass is 9.99. The summed E-state index contributed by atoms with van der Waals surface area (Å²) < 4.78 is 5.59. The number of hydrogen-bond donors (Lipinski definition) is 3. The van der Waals surface area contributed by atoms with E-state index in [2.05, 4.69) is 43.8 Å². The number of likely N-dealkylation sites (N-methyl/N-ethyl adjacent to an activating group) is 1. The van der Waals surface area contributed by atoms with Crippen molar-refractivity contribution in [2.24, 2.45) is 5.73 Å². The molecular formula is C23H27N7O2. The van der Waals surface area contributed by atoms with Crippen LogP contribution in [0.3, 0.4) is 0 Å². The zero-order valence-electron chi connectivity index (χ0n) is 18.7. The van der Waals surface area contributed by atoms with Gasteiger partial charge in [-0.1, -0.05) is 18.2 Å². The summed E-state index contributed by atoms with van der Waals surface area (Å²) >= 11 is 0. The van der Waals surface area contributed by atoms with Crippen LogP contribution in [0.1, 0.15) is 32.7 Å². The van der Waals surface area contributed by atoms with Gasteiger partial charge in [0.25, 0.3) is 5.91 Å². The zero-order chi connectivity index (χ0) is 22.8. The fraction of sp³-hybridized carbons (Fsp3) is 0.304. The van der Waals surface area contributed by atoms with Crippen LogP contribution in [0, 0.1) is 13.8 Å². The molecule has 0 fully saturated rings. The number of ether oxygens (including phenoxy) is 1. The molecule has 32 heavy (non-hydrogen) atoms. The number of aryl methyl sites for hydroxylation is 2. The first-order valence-corrected chi connectivity index (χ1v) is 10.4. The highest BCUT2D eigenvalue weighted by Crippen LogP contribution is 2.33. The molecular weight excluding hydrogens is 406 g/mol. The number of hydrogen-bond acceptors (Lipinski definition) is 8. The fourth-order valence-electron chi connectivity index (χ4n) is 3.88. The van der Waals surface area contributed by atoms with E-state index in [1.54, 1.807) is 7.11 Å². The molecule has 4 rings (SSSR count). The summed E-state index contributed by atoms with van der Waals surface area (Å²) in [6.07, 6.45) is 0.948. The summed E-state index contributed by atoms with van der Waals surface area (Å²) in [6.45, 7) is 5.82. The monoisotopic (exact) mass is 433 g/mol. The number of benzene rings is 2. The van der Waals surface area contributed by atoms with Gasteiger partial charge in [0, 0.05) is 18.8 Å². The number of aromatic nitrogens is 3. The molecule has 0 aliphatic carbocycles. The lowest BCUT2D eigenvalue weighted by molar-refractivity contribution is 0.0995. The predicted molar refractivity (Wildman–Crippen MR) is 124 cm³/mol. The number of carbonyl (C=O) groups is 1. The third-order valence-electron chi connectivity index (χ3n) is 5.62. The standard InChI is InChI=1S/C23H27N7O2/c1-13-6-5-7-14(2)19(13)26-22-20(21(24)31)28-29-23(27-22)25-17-10-15-8-9-30(3)12-16(15)11-18(17)32-4/h5-7,10-11H,8-9,12H2,1-4H3,(H2,24,31)(H2,25,26,27,29). The van der Waals surface area contributed by atoms with Gasteiger partial charge in [-0.3, -0.25) is 4.79 Å². The molecule has 1 aliphatic heterocycles. The largest absolute Gasteiger partial charge is 0.495 e. The molecule has 2 heterocycles. The van der Waals surface area contributed by atoms with E-state index in [0.717, 1.165) is 42.0 Å². The number of nitrogens with one attached hydrogen (secondary N) is 2. The van der Waals surface area contributed by atoms with Crippen LogP contribution in [-0.4, -0.2) is 46.7 Å². The molecule has 2 aromatic carbocycles. The SMILES string of the molecule is COc1cc2c(cc1Nc1nnc(C(N)=O)c(Nc3c(C)cccc3C)n1)CCN(C)C2. The van der Waals surface area contributed by atoms with Crippen LogP contribution < -0.4 is 21.1 Å². The molecule has 0 saturated heterocycles. The maximum atomic E-state index is 11.9. The Morgan fingerprint density at radius 2 is 1.88 bits per heavy atom. The van der Waals surface area contributed by atoms with Crippen molar-refractivity contribution in [3.8, 4) is 5.75 Å². The highest BCUT2D eigenvalue weighted by molar-refractivity contribution is 5.96. The third kappa shape index (κ3) is 4.33. The van der Waals surface area contributed by atoms with Crippen LogP contribution in [0.2, 0.25) is 0 Å². The van der Waals surface area contributed by atoms with E-state index in [9.17, 15) is 4.79 Å². The van der Waals surface area contributed by atoms with Crippen molar-refractivity contribution in [1.29, 1.82) is 0 Å². The molecule has 3 aromatic rings. The number of primary amides is 1. The van der Waals surface area contributed by atoms with Crippen LogP contribution in [0.4, 0.5) is 23.1 Å². The minimum atomic E-state index is -0.708. The average Bonchev–Trinajstić information content (AvgIpc) is 2.76. The number of rotatable bonds is 6. The minimum Gasteiger partial charge on any atom is -0.495 e. The number of carbonyl (C=O) groups excluding carboxylic acids is 1. The molecule has 0 saturated carbocycles. The van der Waals surface area contributed by atoms with Gasteiger partial charge in [0.15, 0.2) is 11.5 Å². The summed E-state index contributed by atoms with van der Waals surface area (Å²) in [5.74, 6) is 0.451. The smallest absolute Gasteiger partial charge is 0.273 e. The van der Waals surface area contributed by atoms with E-state index < -0.39 is 5.91 Å². The Balaban J connectivity index is 1.70. The Labute approximate surface area is 187 Å². The van der Waals surface area contributed by atoms with Gasteiger partial charge in [-0.05, 0) is 61.7 Å². The summed E-state index contributed by atoms with van der Waals surface area (Å²) in [4.78, 5) is 18.7. The van der Waals surface area contributed by atoms with Crippen molar-refractivity contribution in [2.75, 3.05) is 31.3 Å². The Morgan fingerprint density at radius 3 is 2.56 bits per heavy atom. The number of nitrogens with two attached hydrogens (primary N) is 1. The minimum absolute atomic E-state index is 0.0290. The maximum Gasteiger partial charge on any atom is 0.273 e. The van der Waals surface area contributed by atoms with Crippen LogP contribution in [-0.2, 0) is 13.0 Å². The van der Waals surface area contributed by atoms with E-state index in [4.69, 9.17) is 10.5 Å². The van der Waals surface area contributed by atoms with E-state index in [-0.39, 0.29) is 17.5 Å². The number of methoxy groups -OCH3 is 1. The summed E-state index contributed by atoms with van der Waals surface area (Å²) in [6, 6.07) is 10.0. The number of fused-ring (bicyclic) bond motifs is 1. The highest BCUT2D eigenvalue weighted by Gasteiger charge is 2.19. The zero-order valence-corrected chi connectivity index (χ0v) is 18.7. The molecule has 0 spiro atoms. The van der Waals surface area contributed by atoms with Gasteiger partial charge in [0.05, 0.1) is 12.8 Å². The number of amides is 1. The van der Waals surface area contributed by atoms with Crippen molar-refractivity contribution in [1.82, 2.24) is 20.1 Å². The second-order valence-electron chi connectivity index (χ2n) is 8.02. The van der Waals surface area contributed by atoms with Gasteiger partial charge in [0.2, 0.25) is 5.95 Å². The quantitative estimate of drug-likeness (QED) is 0.543. The molecule has 0 unspecified atom stereocenters. The lowest BCUT2D eigenvalue weighted by Gasteiger charge is -2.26. The second kappa shape index (κ2) is 8.80. The van der Waals surface area contributed by atoms with Gasteiger partial charge < -0.3 is 26.0 Å². The summed E-state index contributed by atoms with van der Waals surface area (Å²) in [7, 11) is 3.73. The molecule has 166 valence electrons. The highest BCUT2D eigenvalue weighted by atomic mass is 16.5. The van der Waals surface area contributed by atoms with E-state index in [1.165, 1.54) is 11.1 Å². The summed E-state index contributed by atoms with van der Waals surface area (Å²) in [5, 5.41) is 14.5. The molecule has 9 heteroatoms. The van der Waals surface area contributed by atoms with Crippen molar-refractivity contribution in [3.05, 3.63) is 58.3 Å². The number of anilines is 4. The van der Waals surface area contributed by atoms with E-state index in [0.29, 0.717) is 5.75 Å². The summed E-state index contributed by atoms with van der Waals surface area (Å²) in [5.41, 5.74) is 11.6. The Hall–Kier alpha value is -3.72. The van der Waals surface area contributed by atoms with Crippen molar-refractivity contribution in [2.45, 2.75) is 26.8 Å². The number of para-hydroxylation sites is 1. The van der Waals surface area contributed by atoms with E-state index in [1.807, 2.05) is 38.1 Å². The molecule has 4 N–H and O–H groups in total. The molecule has 0 bridgehead atoms. The average molecular weight is 434 g/mol. The second-order valence-corrected chi connectivity index (χ2v) is 8.02. The maximum absolute atomic E-state index is 11.9. The topological polar surface area (TPSA) is 118 Å². The van der Waals surface area contributed by atoms with Gasteiger partial charge in [-0.2, -0.15) is 4.98 Å². The van der Waals surface area contributed by atoms with E-state index >= 15 is 0 Å². The van der Waals surface area contributed by atoms with Crippen LogP contribution >= 0.6 is 0 Å². The van der Waals surface area contributed by atoms with Crippen LogP contribution in [0.15, 0.2) is 30.3 Å². The Kier molecular flexibility index (Phi) is 5.91. The first kappa shape index (κ1) is 21.5. The van der Waals surface area contributed by atoms with Crippen molar-refractivity contribution >= 4 is 29.0 Å². The number of nitrogens with zero attached hydrogens (tertiary/aromatic N) is 4. The normalized spacial score (nSPS) is 13.4. The first-order valence-electron chi connectivity index (χ1n) is 10.4. The van der Waals surface area contributed by atoms with Crippen molar-refractivity contribution < 1.29 is 9.53 Å². The van der Waals surface area contributed by atoms with Gasteiger partial charge in [0.1, 0.15) is 5.75 Å². The third-order valence-corrected chi connectivity index (χ3v) is 5.62.